The maximum atomic E-state index is 11.3. The van der Waals surface area contributed by atoms with Crippen molar-refractivity contribution in [2.45, 2.75) is 0 Å². The highest BCUT2D eigenvalue weighted by Crippen LogP contribution is 2.29. The van der Waals surface area contributed by atoms with E-state index in [1.807, 2.05) is 19.2 Å². The molecule has 0 aliphatic heterocycles. The molecule has 0 bridgehead atoms. The van der Waals surface area contributed by atoms with E-state index < -0.39 is 0 Å². The monoisotopic (exact) mass is 310 g/mol. The van der Waals surface area contributed by atoms with Gasteiger partial charge in [0.2, 0.25) is 0 Å². The predicted octanol–water partition coefficient (Wildman–Crippen LogP) is 1.94. The second-order valence-electron chi connectivity index (χ2n) is 4.76. The molecule has 2 amide bonds. The molecular weight excluding hydrogens is 292 g/mol. The van der Waals surface area contributed by atoms with E-state index in [0.717, 1.165) is 11.1 Å². The first-order valence-electron chi connectivity index (χ1n) is 6.99. The summed E-state index contributed by atoms with van der Waals surface area (Å²) in [7, 11) is 5.14. The van der Waals surface area contributed by atoms with Gasteiger partial charge < -0.3 is 15.6 Å². The topological polar surface area (TPSA) is 93.1 Å². The third-order valence-electron chi connectivity index (χ3n) is 3.42. The highest BCUT2D eigenvalue weighted by Gasteiger charge is 2.13. The van der Waals surface area contributed by atoms with Gasteiger partial charge in [-0.1, -0.05) is 12.1 Å². The molecule has 2 rings (SSSR count). The molecule has 118 valence electrons. The lowest BCUT2D eigenvalue weighted by atomic mass is 10.0. The first-order valence-corrected chi connectivity index (χ1v) is 6.99. The molecule has 0 radical (unpaired) electrons. The Kier molecular flexibility index (Phi) is 5.12. The zero-order chi connectivity index (χ0) is 16.8. The normalized spacial score (nSPS) is 9.83. The van der Waals surface area contributed by atoms with Crippen LogP contribution in [0.25, 0.3) is 11.1 Å². The molecule has 1 aromatic carbocycles. The molecule has 0 aliphatic rings. The molecule has 0 unspecified atom stereocenters. The van der Waals surface area contributed by atoms with Crippen LogP contribution in [0.3, 0.4) is 0 Å². The second-order valence-corrected chi connectivity index (χ2v) is 4.76. The number of urea groups is 1. The zero-order valence-electron chi connectivity index (χ0n) is 13.2. The van der Waals surface area contributed by atoms with Gasteiger partial charge in [-0.2, -0.15) is 5.26 Å². The van der Waals surface area contributed by atoms with Crippen LogP contribution in [0.5, 0.6) is 0 Å². The molecule has 0 aliphatic carbocycles. The zero-order valence-corrected chi connectivity index (χ0v) is 13.2. The Morgan fingerprint density at radius 2 is 1.91 bits per heavy atom. The van der Waals surface area contributed by atoms with Gasteiger partial charge >= 0.3 is 6.03 Å². The van der Waals surface area contributed by atoms with Crippen LogP contribution in [0.15, 0.2) is 36.7 Å². The molecule has 7 nitrogen and oxygen atoms in total. The lowest BCUT2D eigenvalue weighted by Crippen LogP contribution is -2.31. The highest BCUT2D eigenvalue weighted by atomic mass is 16.2. The Balaban J connectivity index is 2.39. The highest BCUT2D eigenvalue weighted by molar-refractivity contribution is 5.89. The number of carbonyl (C=O) groups excluding carboxylic acids is 1. The minimum Gasteiger partial charge on any atom is -0.341 e. The van der Waals surface area contributed by atoms with Crippen molar-refractivity contribution in [1.82, 2.24) is 15.7 Å². The number of benzene rings is 1. The third kappa shape index (κ3) is 3.56. The van der Waals surface area contributed by atoms with E-state index in [2.05, 4.69) is 27.1 Å². The molecule has 1 aromatic heterocycles. The van der Waals surface area contributed by atoms with Crippen LogP contribution in [-0.2, 0) is 0 Å². The van der Waals surface area contributed by atoms with E-state index in [1.54, 1.807) is 43.6 Å². The van der Waals surface area contributed by atoms with Crippen molar-refractivity contribution in [1.29, 1.82) is 5.26 Å². The summed E-state index contributed by atoms with van der Waals surface area (Å²) in [5.74, 6) is 0. The summed E-state index contributed by atoms with van der Waals surface area (Å²) >= 11 is 0. The fraction of sp³-hybridized carbons (Fsp3) is 0.188. The van der Waals surface area contributed by atoms with Gasteiger partial charge in [0.05, 0.1) is 17.4 Å². The quantitative estimate of drug-likeness (QED) is 0.750. The maximum absolute atomic E-state index is 11.3. The third-order valence-corrected chi connectivity index (χ3v) is 3.42. The number of amides is 2. The van der Waals surface area contributed by atoms with Crippen molar-refractivity contribution in [3.05, 3.63) is 42.2 Å². The number of aromatic nitrogens is 1. The Morgan fingerprint density at radius 1 is 1.22 bits per heavy atom. The van der Waals surface area contributed by atoms with Crippen molar-refractivity contribution in [3.63, 3.8) is 0 Å². The van der Waals surface area contributed by atoms with E-state index in [0.29, 0.717) is 16.9 Å². The van der Waals surface area contributed by atoms with E-state index >= 15 is 0 Å². The first-order chi connectivity index (χ1) is 11.1. The van der Waals surface area contributed by atoms with Crippen molar-refractivity contribution < 1.29 is 4.79 Å². The summed E-state index contributed by atoms with van der Waals surface area (Å²) in [5, 5.41) is 16.4. The van der Waals surface area contributed by atoms with Crippen LogP contribution in [-0.4, -0.2) is 32.2 Å². The molecule has 0 saturated carbocycles. The number of anilines is 2. The minimum atomic E-state index is -0.283. The van der Waals surface area contributed by atoms with Gasteiger partial charge in [-0.25, -0.2) is 10.2 Å². The number of hydrogen-bond donors (Lipinski definition) is 3. The molecule has 3 N–H and O–H groups in total. The van der Waals surface area contributed by atoms with Gasteiger partial charge in [-0.3, -0.25) is 4.98 Å². The number of nitrogens with zero attached hydrogens (tertiary/aromatic N) is 3. The number of hydrazine groups is 1. The lowest BCUT2D eigenvalue weighted by Gasteiger charge is -2.19. The summed E-state index contributed by atoms with van der Waals surface area (Å²) in [6.45, 7) is 0. The van der Waals surface area contributed by atoms with Crippen molar-refractivity contribution in [3.8, 4) is 17.2 Å². The number of hydrogen-bond acceptors (Lipinski definition) is 5. The van der Waals surface area contributed by atoms with Crippen LogP contribution in [0.2, 0.25) is 0 Å². The van der Waals surface area contributed by atoms with E-state index in [9.17, 15) is 10.1 Å². The molecule has 1 heterocycles. The summed E-state index contributed by atoms with van der Waals surface area (Å²) in [4.78, 5) is 15.5. The second kappa shape index (κ2) is 7.24. The average molecular weight is 310 g/mol. The van der Waals surface area contributed by atoms with Gasteiger partial charge in [-0.05, 0) is 17.7 Å². The van der Waals surface area contributed by atoms with Crippen LogP contribution < -0.4 is 21.1 Å². The number of rotatable bonds is 4. The molecule has 0 atom stereocenters. The van der Waals surface area contributed by atoms with Crippen molar-refractivity contribution in [2.75, 3.05) is 31.5 Å². The van der Waals surface area contributed by atoms with Gasteiger partial charge in [0.25, 0.3) is 0 Å². The molecule has 0 fully saturated rings. The van der Waals surface area contributed by atoms with Gasteiger partial charge in [-0.15, -0.1) is 0 Å². The maximum Gasteiger partial charge on any atom is 0.318 e. The largest absolute Gasteiger partial charge is 0.341 e. The Labute approximate surface area is 134 Å². The van der Waals surface area contributed by atoms with Gasteiger partial charge in [0.1, 0.15) is 6.07 Å². The van der Waals surface area contributed by atoms with Crippen molar-refractivity contribution in [2.24, 2.45) is 0 Å². The van der Waals surface area contributed by atoms with Gasteiger partial charge in [0, 0.05) is 38.6 Å². The summed E-state index contributed by atoms with van der Waals surface area (Å²) in [6.07, 6.45) is 3.30. The Bertz CT molecular complexity index is 735. The van der Waals surface area contributed by atoms with Crippen LogP contribution in [0.1, 0.15) is 5.56 Å². The molecule has 0 spiro atoms. The van der Waals surface area contributed by atoms with Crippen molar-refractivity contribution >= 4 is 17.4 Å². The fourth-order valence-corrected chi connectivity index (χ4v) is 2.09. The van der Waals surface area contributed by atoms with E-state index in [1.165, 1.54) is 0 Å². The SMILES string of the molecule is CNC(=O)Nc1ccc(-c2cncc(N(C)NC)c2C#N)cc1. The van der Waals surface area contributed by atoms with Crippen LogP contribution >= 0.6 is 0 Å². The molecule has 2 aromatic rings. The standard InChI is InChI=1S/C16H18N6O/c1-18-16(23)21-12-6-4-11(5-7-12)14-9-20-10-15(13(14)8-17)22(3)19-2/h4-7,9-10,19H,1-3H3,(H2,18,21,23). The Hall–Kier alpha value is -3.11. The minimum absolute atomic E-state index is 0.283. The summed E-state index contributed by atoms with van der Waals surface area (Å²) in [5.41, 5.74) is 6.44. The van der Waals surface area contributed by atoms with Crippen LogP contribution in [0.4, 0.5) is 16.2 Å². The number of pyridine rings is 1. The lowest BCUT2D eigenvalue weighted by molar-refractivity contribution is 0.254. The molecule has 23 heavy (non-hydrogen) atoms. The first kappa shape index (κ1) is 16.3. The van der Waals surface area contributed by atoms with Crippen LogP contribution in [0, 0.1) is 11.3 Å². The van der Waals surface area contributed by atoms with E-state index in [-0.39, 0.29) is 6.03 Å². The summed E-state index contributed by atoms with van der Waals surface area (Å²) in [6, 6.07) is 9.18. The molecule has 0 saturated heterocycles. The summed E-state index contributed by atoms with van der Waals surface area (Å²) < 4.78 is 0. The van der Waals surface area contributed by atoms with E-state index in [4.69, 9.17) is 0 Å². The fourth-order valence-electron chi connectivity index (χ4n) is 2.09. The molecular formula is C16H18N6O. The molecule has 7 heteroatoms. The smallest absolute Gasteiger partial charge is 0.318 e. The Morgan fingerprint density at radius 3 is 2.48 bits per heavy atom. The predicted molar refractivity (Wildman–Crippen MR) is 89.9 cm³/mol. The van der Waals surface area contributed by atoms with Gasteiger partial charge in [0.15, 0.2) is 0 Å². The number of nitriles is 1. The number of nitrogens with one attached hydrogen (secondary N) is 3. The number of carbonyl (C=O) groups is 1. The average Bonchev–Trinajstić information content (AvgIpc) is 2.60.